The topological polar surface area (TPSA) is 337 Å². The standard InChI is InChI=1S/C20H38N10O8/c21-10(5-6-14(32)33)15(34)28-11(3-1-7-26-19(22)23)16(35)29-12(4-2-8-27-20(24)25)17(36)30-13(9-31)18(37)38/h10-13,31H,1-9,21H2,(H,28,34)(H,29,35)(H,30,36)(H,32,33)(H,37,38)(H4,22,23,26)(H4,24,25,27). The molecule has 0 aromatic heterocycles. The second-order valence-electron chi connectivity index (χ2n) is 8.14. The Morgan fingerprint density at radius 3 is 1.47 bits per heavy atom. The molecular weight excluding hydrogens is 508 g/mol. The molecule has 0 heterocycles. The molecule has 0 aliphatic rings. The summed E-state index contributed by atoms with van der Waals surface area (Å²) in [6, 6.07) is -5.36. The fourth-order valence-electron chi connectivity index (χ4n) is 2.96. The summed E-state index contributed by atoms with van der Waals surface area (Å²) in [6.07, 6.45) is -0.140. The molecule has 0 radical (unpaired) electrons. The van der Waals surface area contributed by atoms with E-state index < -0.39 is 60.4 Å². The van der Waals surface area contributed by atoms with Crippen LogP contribution in [0.4, 0.5) is 0 Å². The van der Waals surface area contributed by atoms with Crippen LogP contribution in [0.15, 0.2) is 9.98 Å². The van der Waals surface area contributed by atoms with Crippen molar-refractivity contribution >= 4 is 41.6 Å². The van der Waals surface area contributed by atoms with Crippen LogP contribution in [0, 0.1) is 0 Å². The van der Waals surface area contributed by atoms with Crippen molar-refractivity contribution in [3.05, 3.63) is 0 Å². The predicted octanol–water partition coefficient (Wildman–Crippen LogP) is -5.18. The highest BCUT2D eigenvalue weighted by Crippen LogP contribution is 2.05. The Morgan fingerprint density at radius 1 is 0.684 bits per heavy atom. The molecular formula is C20H38N10O8. The molecule has 216 valence electrons. The van der Waals surface area contributed by atoms with Crippen molar-refractivity contribution in [3.8, 4) is 0 Å². The minimum Gasteiger partial charge on any atom is -0.481 e. The SMILES string of the molecule is NC(N)=NCCCC(NC(=O)C(N)CCC(=O)O)C(=O)NC(CCCN=C(N)N)C(=O)NC(CO)C(=O)O. The minimum absolute atomic E-state index is 0.0106. The molecule has 4 atom stereocenters. The highest BCUT2D eigenvalue weighted by Gasteiger charge is 2.30. The van der Waals surface area contributed by atoms with E-state index >= 15 is 0 Å². The van der Waals surface area contributed by atoms with Gasteiger partial charge in [0.25, 0.3) is 0 Å². The molecule has 18 heteroatoms. The maximum Gasteiger partial charge on any atom is 0.328 e. The number of aliphatic hydroxyl groups excluding tert-OH is 1. The van der Waals surface area contributed by atoms with Crippen molar-refractivity contribution in [2.45, 2.75) is 62.7 Å². The van der Waals surface area contributed by atoms with Crippen LogP contribution in [0.1, 0.15) is 38.5 Å². The third-order valence-electron chi connectivity index (χ3n) is 4.96. The number of aliphatic imine (C=N–C) groups is 2. The molecule has 0 fully saturated rings. The number of rotatable bonds is 19. The summed E-state index contributed by atoms with van der Waals surface area (Å²) < 4.78 is 0. The van der Waals surface area contributed by atoms with E-state index in [0.29, 0.717) is 0 Å². The van der Waals surface area contributed by atoms with Crippen LogP contribution < -0.4 is 44.6 Å². The van der Waals surface area contributed by atoms with Gasteiger partial charge in [-0.25, -0.2) is 4.79 Å². The first kappa shape index (κ1) is 33.8. The zero-order valence-corrected chi connectivity index (χ0v) is 20.8. The monoisotopic (exact) mass is 546 g/mol. The highest BCUT2D eigenvalue weighted by atomic mass is 16.4. The van der Waals surface area contributed by atoms with E-state index in [0.717, 1.165) is 0 Å². The summed E-state index contributed by atoms with van der Waals surface area (Å²) in [5.74, 6) is -5.54. The number of hydrogen-bond donors (Lipinski definition) is 11. The number of carboxylic acids is 2. The van der Waals surface area contributed by atoms with Crippen LogP contribution in [0.5, 0.6) is 0 Å². The van der Waals surface area contributed by atoms with Gasteiger partial charge in [-0.2, -0.15) is 0 Å². The van der Waals surface area contributed by atoms with Gasteiger partial charge in [-0.15, -0.1) is 0 Å². The van der Waals surface area contributed by atoms with Gasteiger partial charge in [0.15, 0.2) is 11.9 Å². The van der Waals surface area contributed by atoms with Crippen molar-refractivity contribution < 1.29 is 39.3 Å². The molecule has 3 amide bonds. The first-order valence-corrected chi connectivity index (χ1v) is 11.6. The van der Waals surface area contributed by atoms with E-state index in [1.165, 1.54) is 0 Å². The van der Waals surface area contributed by atoms with E-state index in [1.54, 1.807) is 0 Å². The zero-order chi connectivity index (χ0) is 29.3. The number of nitrogens with zero attached hydrogens (tertiary/aromatic N) is 2. The number of guanidine groups is 2. The second kappa shape index (κ2) is 18.1. The molecule has 0 aliphatic heterocycles. The maximum absolute atomic E-state index is 13.1. The molecule has 0 saturated carbocycles. The fourth-order valence-corrected chi connectivity index (χ4v) is 2.96. The van der Waals surface area contributed by atoms with Gasteiger partial charge in [0.05, 0.1) is 12.6 Å². The molecule has 0 aliphatic carbocycles. The summed E-state index contributed by atoms with van der Waals surface area (Å²) in [7, 11) is 0. The number of nitrogens with one attached hydrogen (secondary N) is 3. The van der Waals surface area contributed by atoms with Crippen molar-refractivity contribution in [2.24, 2.45) is 38.7 Å². The zero-order valence-electron chi connectivity index (χ0n) is 20.8. The average molecular weight is 547 g/mol. The molecule has 18 nitrogen and oxygen atoms in total. The van der Waals surface area contributed by atoms with E-state index in [2.05, 4.69) is 25.9 Å². The molecule has 0 bridgehead atoms. The van der Waals surface area contributed by atoms with Crippen LogP contribution in [0.3, 0.4) is 0 Å². The molecule has 0 saturated heterocycles. The third kappa shape index (κ3) is 15.0. The molecule has 0 rings (SSSR count). The lowest BCUT2D eigenvalue weighted by molar-refractivity contribution is -0.143. The van der Waals surface area contributed by atoms with Gasteiger partial charge in [-0.3, -0.25) is 29.2 Å². The van der Waals surface area contributed by atoms with Crippen LogP contribution in [-0.2, 0) is 24.0 Å². The highest BCUT2D eigenvalue weighted by molar-refractivity contribution is 5.94. The van der Waals surface area contributed by atoms with Gasteiger partial charge in [-0.05, 0) is 32.1 Å². The smallest absolute Gasteiger partial charge is 0.328 e. The van der Waals surface area contributed by atoms with E-state index in [4.69, 9.17) is 38.9 Å². The lowest BCUT2D eigenvalue weighted by Crippen LogP contribution is -2.57. The summed E-state index contributed by atoms with van der Waals surface area (Å²) >= 11 is 0. The summed E-state index contributed by atoms with van der Waals surface area (Å²) in [5, 5.41) is 34.1. The fraction of sp³-hybridized carbons (Fsp3) is 0.650. The van der Waals surface area contributed by atoms with Gasteiger partial charge >= 0.3 is 11.9 Å². The molecule has 0 aromatic rings. The summed E-state index contributed by atoms with van der Waals surface area (Å²) in [6.45, 7) is -0.679. The molecule has 38 heavy (non-hydrogen) atoms. The van der Waals surface area contributed by atoms with Gasteiger partial charge < -0.3 is 59.9 Å². The van der Waals surface area contributed by atoms with E-state index in [9.17, 15) is 29.1 Å². The quantitative estimate of drug-likeness (QED) is 0.0410. The molecule has 0 spiro atoms. The first-order chi connectivity index (χ1) is 17.8. The van der Waals surface area contributed by atoms with Crippen LogP contribution in [0.25, 0.3) is 0 Å². The number of carbonyl (C=O) groups excluding carboxylic acids is 3. The maximum atomic E-state index is 13.1. The average Bonchev–Trinajstić information content (AvgIpc) is 2.83. The number of hydrogen-bond acceptors (Lipinski definition) is 9. The Morgan fingerprint density at radius 2 is 1.11 bits per heavy atom. The minimum atomic E-state index is -1.62. The van der Waals surface area contributed by atoms with Crippen molar-refractivity contribution in [3.63, 3.8) is 0 Å². The first-order valence-electron chi connectivity index (χ1n) is 11.6. The van der Waals surface area contributed by atoms with Gasteiger partial charge in [0.1, 0.15) is 18.1 Å². The van der Waals surface area contributed by atoms with Crippen LogP contribution in [0.2, 0.25) is 0 Å². The Bertz CT molecular complexity index is 874. The number of amides is 3. The van der Waals surface area contributed by atoms with E-state index in [-0.39, 0.29) is 63.5 Å². The van der Waals surface area contributed by atoms with Crippen molar-refractivity contribution in [2.75, 3.05) is 19.7 Å². The van der Waals surface area contributed by atoms with Gasteiger partial charge in [0.2, 0.25) is 17.7 Å². The van der Waals surface area contributed by atoms with Crippen LogP contribution >= 0.6 is 0 Å². The van der Waals surface area contributed by atoms with Crippen molar-refractivity contribution in [1.82, 2.24) is 16.0 Å². The lowest BCUT2D eigenvalue weighted by Gasteiger charge is -2.25. The summed E-state index contributed by atoms with van der Waals surface area (Å²) in [4.78, 5) is 67.8. The number of nitrogens with two attached hydrogens (primary N) is 5. The Balaban J connectivity index is 5.65. The number of aliphatic carboxylic acids is 2. The Labute approximate surface area is 218 Å². The number of carboxylic acid groups (broad SMARTS) is 2. The largest absolute Gasteiger partial charge is 0.481 e. The van der Waals surface area contributed by atoms with Crippen molar-refractivity contribution in [1.29, 1.82) is 0 Å². The predicted molar refractivity (Wildman–Crippen MR) is 135 cm³/mol. The lowest BCUT2D eigenvalue weighted by atomic mass is 10.1. The molecule has 16 N–H and O–H groups in total. The van der Waals surface area contributed by atoms with E-state index in [1.807, 2.05) is 0 Å². The summed E-state index contributed by atoms with van der Waals surface area (Å²) in [5.41, 5.74) is 26.8. The van der Waals surface area contributed by atoms with Gasteiger partial charge in [0, 0.05) is 19.5 Å². The Kier molecular flexibility index (Phi) is 16.1. The number of carbonyl (C=O) groups is 5. The normalized spacial score (nSPS) is 13.6. The van der Waals surface area contributed by atoms with Crippen LogP contribution in [-0.4, -0.2) is 101 Å². The molecule has 0 aromatic carbocycles. The number of aliphatic hydroxyl groups is 1. The second-order valence-corrected chi connectivity index (χ2v) is 8.14. The van der Waals surface area contributed by atoms with Gasteiger partial charge in [-0.1, -0.05) is 0 Å². The molecule has 4 unspecified atom stereocenters. The Hall–Kier alpha value is -4.19. The third-order valence-corrected chi connectivity index (χ3v) is 4.96.